The number of benzene rings is 1. The van der Waals surface area contributed by atoms with Crippen molar-refractivity contribution in [2.75, 3.05) is 7.11 Å². The SMILES string of the molecule is COc1[c]cc(Cl)c(-n2cccc2)c1. The zero-order valence-corrected chi connectivity index (χ0v) is 8.45. The number of nitrogens with zero attached hydrogens (tertiary/aromatic N) is 1. The van der Waals surface area contributed by atoms with Crippen LogP contribution < -0.4 is 4.74 Å². The minimum Gasteiger partial charge on any atom is -0.496 e. The second-order valence-electron chi connectivity index (χ2n) is 2.82. The summed E-state index contributed by atoms with van der Waals surface area (Å²) in [4.78, 5) is 0. The smallest absolute Gasteiger partial charge is 0.129 e. The Labute approximate surface area is 87.7 Å². The molecule has 0 N–H and O–H groups in total. The molecule has 0 spiro atoms. The van der Waals surface area contributed by atoms with Crippen LogP contribution in [0.2, 0.25) is 5.02 Å². The highest BCUT2D eigenvalue weighted by Gasteiger charge is 2.03. The lowest BCUT2D eigenvalue weighted by Crippen LogP contribution is -1.92. The van der Waals surface area contributed by atoms with Gasteiger partial charge in [0, 0.05) is 24.5 Å². The molecule has 1 heterocycles. The van der Waals surface area contributed by atoms with E-state index in [0.717, 1.165) is 5.69 Å². The molecule has 0 bridgehead atoms. The fourth-order valence-electron chi connectivity index (χ4n) is 1.25. The van der Waals surface area contributed by atoms with Gasteiger partial charge in [0.25, 0.3) is 0 Å². The lowest BCUT2D eigenvalue weighted by Gasteiger charge is -2.07. The Morgan fingerprint density at radius 3 is 2.71 bits per heavy atom. The topological polar surface area (TPSA) is 14.2 Å². The van der Waals surface area contributed by atoms with Crippen molar-refractivity contribution in [2.24, 2.45) is 0 Å². The number of ether oxygens (including phenoxy) is 1. The Kier molecular flexibility index (Phi) is 2.46. The first-order valence-corrected chi connectivity index (χ1v) is 4.57. The Morgan fingerprint density at radius 1 is 1.36 bits per heavy atom. The van der Waals surface area contributed by atoms with Gasteiger partial charge in [0.15, 0.2) is 0 Å². The summed E-state index contributed by atoms with van der Waals surface area (Å²) < 4.78 is 7.01. The molecular weight excluding hydrogens is 198 g/mol. The fourth-order valence-corrected chi connectivity index (χ4v) is 1.46. The van der Waals surface area contributed by atoms with Crippen LogP contribution in [-0.2, 0) is 0 Å². The van der Waals surface area contributed by atoms with Gasteiger partial charge in [-0.3, -0.25) is 0 Å². The maximum Gasteiger partial charge on any atom is 0.129 e. The normalized spacial score (nSPS) is 10.1. The monoisotopic (exact) mass is 206 g/mol. The van der Waals surface area contributed by atoms with Gasteiger partial charge in [-0.1, -0.05) is 11.6 Å². The number of hydrogen-bond donors (Lipinski definition) is 0. The van der Waals surface area contributed by atoms with Gasteiger partial charge in [0.05, 0.1) is 17.8 Å². The zero-order chi connectivity index (χ0) is 9.97. The maximum absolute atomic E-state index is 6.04. The number of methoxy groups -OCH3 is 1. The van der Waals surface area contributed by atoms with E-state index in [1.165, 1.54) is 0 Å². The average Bonchev–Trinajstić information content (AvgIpc) is 2.71. The van der Waals surface area contributed by atoms with Gasteiger partial charge in [-0.25, -0.2) is 0 Å². The maximum atomic E-state index is 6.04. The van der Waals surface area contributed by atoms with Gasteiger partial charge in [0.1, 0.15) is 5.75 Å². The van der Waals surface area contributed by atoms with Crippen molar-refractivity contribution in [1.82, 2.24) is 4.57 Å². The molecule has 71 valence electrons. The molecule has 0 aliphatic carbocycles. The summed E-state index contributed by atoms with van der Waals surface area (Å²) in [6.07, 6.45) is 3.86. The Hall–Kier alpha value is -1.41. The standard InChI is InChI=1S/C11H9ClNO/c1-14-9-4-5-10(12)11(8-9)13-6-2-3-7-13/h2-3,5-8H,1H3. The summed E-state index contributed by atoms with van der Waals surface area (Å²) in [5.41, 5.74) is 0.896. The molecule has 0 aliphatic heterocycles. The number of aromatic nitrogens is 1. The van der Waals surface area contributed by atoms with E-state index in [-0.39, 0.29) is 0 Å². The van der Waals surface area contributed by atoms with Crippen molar-refractivity contribution in [2.45, 2.75) is 0 Å². The van der Waals surface area contributed by atoms with Gasteiger partial charge in [-0.2, -0.15) is 0 Å². The summed E-state index contributed by atoms with van der Waals surface area (Å²) in [6.45, 7) is 0. The highest BCUT2D eigenvalue weighted by atomic mass is 35.5. The predicted octanol–water partition coefficient (Wildman–Crippen LogP) is 2.94. The van der Waals surface area contributed by atoms with Crippen molar-refractivity contribution in [3.63, 3.8) is 0 Å². The first-order valence-electron chi connectivity index (χ1n) is 4.20. The van der Waals surface area contributed by atoms with E-state index in [1.807, 2.05) is 35.2 Å². The van der Waals surface area contributed by atoms with Crippen LogP contribution in [-0.4, -0.2) is 11.7 Å². The molecule has 1 radical (unpaired) electrons. The average molecular weight is 207 g/mol. The Bertz CT molecular complexity index is 423. The number of rotatable bonds is 2. The third-order valence-electron chi connectivity index (χ3n) is 1.96. The molecule has 0 aliphatic rings. The van der Waals surface area contributed by atoms with Crippen molar-refractivity contribution in [3.8, 4) is 11.4 Å². The van der Waals surface area contributed by atoms with E-state index in [1.54, 1.807) is 13.2 Å². The highest BCUT2D eigenvalue weighted by molar-refractivity contribution is 6.32. The summed E-state index contributed by atoms with van der Waals surface area (Å²) in [6, 6.07) is 10.4. The molecule has 0 unspecified atom stereocenters. The van der Waals surface area contributed by atoms with Crippen LogP contribution in [0.4, 0.5) is 0 Å². The molecule has 0 saturated carbocycles. The highest BCUT2D eigenvalue weighted by Crippen LogP contribution is 2.24. The van der Waals surface area contributed by atoms with Crippen molar-refractivity contribution >= 4 is 11.6 Å². The van der Waals surface area contributed by atoms with Gasteiger partial charge in [0.2, 0.25) is 0 Å². The Balaban J connectivity index is 2.51. The third-order valence-corrected chi connectivity index (χ3v) is 2.26. The van der Waals surface area contributed by atoms with Gasteiger partial charge >= 0.3 is 0 Å². The summed E-state index contributed by atoms with van der Waals surface area (Å²) in [7, 11) is 1.61. The minimum absolute atomic E-state index is 0.655. The number of halogens is 1. The second kappa shape index (κ2) is 3.76. The van der Waals surface area contributed by atoms with E-state index in [2.05, 4.69) is 6.07 Å². The molecular formula is C11H9ClNO. The van der Waals surface area contributed by atoms with Crippen molar-refractivity contribution in [1.29, 1.82) is 0 Å². The molecule has 2 nitrogen and oxygen atoms in total. The van der Waals surface area contributed by atoms with E-state index in [0.29, 0.717) is 10.8 Å². The molecule has 1 aromatic heterocycles. The van der Waals surface area contributed by atoms with Gasteiger partial charge in [-0.15, -0.1) is 0 Å². The summed E-state index contributed by atoms with van der Waals surface area (Å²) in [5.74, 6) is 0.679. The molecule has 2 aromatic rings. The second-order valence-corrected chi connectivity index (χ2v) is 3.23. The molecule has 0 saturated heterocycles. The van der Waals surface area contributed by atoms with E-state index < -0.39 is 0 Å². The molecule has 14 heavy (non-hydrogen) atoms. The first-order chi connectivity index (χ1) is 6.81. The van der Waals surface area contributed by atoms with Crippen LogP contribution in [0.1, 0.15) is 0 Å². The summed E-state index contributed by atoms with van der Waals surface area (Å²) in [5, 5.41) is 0.655. The summed E-state index contributed by atoms with van der Waals surface area (Å²) >= 11 is 6.04. The molecule has 0 fully saturated rings. The zero-order valence-electron chi connectivity index (χ0n) is 7.70. The first kappa shape index (κ1) is 9.16. The van der Waals surface area contributed by atoms with E-state index in [4.69, 9.17) is 16.3 Å². The van der Waals surface area contributed by atoms with Crippen LogP contribution in [0.25, 0.3) is 5.69 Å². The van der Waals surface area contributed by atoms with Crippen molar-refractivity contribution in [3.05, 3.63) is 47.7 Å². The lowest BCUT2D eigenvalue weighted by molar-refractivity contribution is 0.413. The van der Waals surface area contributed by atoms with Crippen molar-refractivity contribution < 1.29 is 4.74 Å². The molecule has 1 aromatic carbocycles. The van der Waals surface area contributed by atoms with Gasteiger partial charge in [-0.05, 0) is 18.2 Å². The van der Waals surface area contributed by atoms with Crippen LogP contribution in [0.5, 0.6) is 5.75 Å². The third kappa shape index (κ3) is 1.61. The van der Waals surface area contributed by atoms with Crippen LogP contribution in [0, 0.1) is 6.07 Å². The van der Waals surface area contributed by atoms with Crippen LogP contribution in [0.3, 0.4) is 0 Å². The lowest BCUT2D eigenvalue weighted by atomic mass is 10.3. The predicted molar refractivity (Wildman–Crippen MR) is 56.2 cm³/mol. The quantitative estimate of drug-likeness (QED) is 0.737. The Morgan fingerprint density at radius 2 is 2.07 bits per heavy atom. The van der Waals surface area contributed by atoms with E-state index in [9.17, 15) is 0 Å². The number of hydrogen-bond acceptors (Lipinski definition) is 1. The largest absolute Gasteiger partial charge is 0.496 e. The van der Waals surface area contributed by atoms with Crippen LogP contribution in [0.15, 0.2) is 36.7 Å². The van der Waals surface area contributed by atoms with Crippen LogP contribution >= 0.6 is 11.6 Å². The fraction of sp³-hybridized carbons (Fsp3) is 0.0909. The van der Waals surface area contributed by atoms with E-state index >= 15 is 0 Å². The molecule has 0 atom stereocenters. The molecule has 0 amide bonds. The van der Waals surface area contributed by atoms with Gasteiger partial charge < -0.3 is 9.30 Å². The minimum atomic E-state index is 0.655. The molecule has 3 heteroatoms. The molecule has 2 rings (SSSR count).